The molecule has 5 rings (SSSR count). The van der Waals surface area contributed by atoms with Crippen LogP contribution in [0.15, 0.2) is 23.0 Å². The fourth-order valence-corrected chi connectivity index (χ4v) is 8.11. The molecule has 0 aromatic rings. The summed E-state index contributed by atoms with van der Waals surface area (Å²) >= 11 is 0. The predicted molar refractivity (Wildman–Crippen MR) is 135 cm³/mol. The van der Waals surface area contributed by atoms with Crippen LogP contribution in [0, 0.1) is 22.7 Å². The smallest absolute Gasteiger partial charge is 0.308 e. The minimum atomic E-state index is -1.08. The molecule has 37 heavy (non-hydrogen) atoms. The quantitative estimate of drug-likeness (QED) is 0.425. The molecule has 1 unspecified atom stereocenters. The standard InChI is InChI=1S/C29H44O8/c1-10-32-17(4)35-22-18-13-19(34-16(3)30)15(2)21(26(18,5)6)23-25(37-27(7,8)36-23)28(9)12-11-20-29(31,14-33-20)24(22)28/h13,17-18,20,22-25,31H,10-12,14H2,1-9H3/t17?,18-,20+,22+,23+,24-,25-,28+,29-/m0/s1. The lowest BCUT2D eigenvalue weighted by Gasteiger charge is -2.65. The average Bonchev–Trinajstić information content (AvgIpc) is 3.08. The molecule has 9 atom stereocenters. The van der Waals surface area contributed by atoms with Crippen LogP contribution in [0.2, 0.25) is 0 Å². The first kappa shape index (κ1) is 27.3. The zero-order valence-corrected chi connectivity index (χ0v) is 23.8. The fraction of sp³-hybridized carbons (Fsp3) is 0.828. The van der Waals surface area contributed by atoms with Crippen molar-refractivity contribution in [3.63, 3.8) is 0 Å². The Bertz CT molecular complexity index is 1010. The van der Waals surface area contributed by atoms with E-state index in [-0.39, 0.29) is 42.7 Å². The lowest BCUT2D eigenvalue weighted by Crippen LogP contribution is -2.75. The van der Waals surface area contributed by atoms with Gasteiger partial charge in [0.1, 0.15) is 17.5 Å². The molecule has 4 fully saturated rings. The van der Waals surface area contributed by atoms with Gasteiger partial charge in [0, 0.05) is 30.8 Å². The molecule has 2 bridgehead atoms. The molecule has 2 saturated heterocycles. The summed E-state index contributed by atoms with van der Waals surface area (Å²) in [6, 6.07) is 0. The molecule has 2 aliphatic heterocycles. The van der Waals surface area contributed by atoms with Gasteiger partial charge in [-0.15, -0.1) is 0 Å². The van der Waals surface area contributed by atoms with E-state index in [1.54, 1.807) is 0 Å². The van der Waals surface area contributed by atoms with Crippen LogP contribution in [-0.4, -0.2) is 66.4 Å². The predicted octanol–water partition coefficient (Wildman–Crippen LogP) is 4.25. The second kappa shape index (κ2) is 8.86. The lowest BCUT2D eigenvalue weighted by atomic mass is 9.47. The number of hydrogen-bond acceptors (Lipinski definition) is 8. The largest absolute Gasteiger partial charge is 0.427 e. The first-order valence-corrected chi connectivity index (χ1v) is 13.7. The van der Waals surface area contributed by atoms with Crippen molar-refractivity contribution in [2.45, 2.75) is 117 Å². The summed E-state index contributed by atoms with van der Waals surface area (Å²) in [6.45, 7) is 18.5. The van der Waals surface area contributed by atoms with Gasteiger partial charge < -0.3 is 33.5 Å². The van der Waals surface area contributed by atoms with Crippen LogP contribution in [0.25, 0.3) is 0 Å². The zero-order valence-electron chi connectivity index (χ0n) is 23.8. The summed E-state index contributed by atoms with van der Waals surface area (Å²) in [5.74, 6) is -1.25. The van der Waals surface area contributed by atoms with Gasteiger partial charge in [0.05, 0.1) is 24.9 Å². The van der Waals surface area contributed by atoms with Gasteiger partial charge >= 0.3 is 5.97 Å². The molecular weight excluding hydrogens is 476 g/mol. The molecular formula is C29H44O8. The lowest BCUT2D eigenvalue weighted by molar-refractivity contribution is -0.343. The van der Waals surface area contributed by atoms with Gasteiger partial charge in [-0.05, 0) is 70.1 Å². The van der Waals surface area contributed by atoms with Gasteiger partial charge in [-0.25, -0.2) is 0 Å². The van der Waals surface area contributed by atoms with E-state index in [2.05, 4.69) is 20.8 Å². The first-order chi connectivity index (χ1) is 17.2. The number of hydrogen-bond donors (Lipinski definition) is 1. The molecule has 0 aromatic carbocycles. The summed E-state index contributed by atoms with van der Waals surface area (Å²) in [6.07, 6.45) is 1.65. The van der Waals surface area contributed by atoms with E-state index in [0.717, 1.165) is 24.0 Å². The molecule has 2 saturated carbocycles. The van der Waals surface area contributed by atoms with Gasteiger partial charge in [0.25, 0.3) is 0 Å². The van der Waals surface area contributed by atoms with E-state index in [0.29, 0.717) is 12.4 Å². The Labute approximate surface area is 220 Å². The maximum atomic E-state index is 12.2. The zero-order chi connectivity index (χ0) is 27.1. The number of esters is 1. The fourth-order valence-electron chi connectivity index (χ4n) is 8.11. The minimum absolute atomic E-state index is 0.232. The topological polar surface area (TPSA) is 92.7 Å². The SMILES string of the molecule is CCOC(C)O[C@@H]1[C@@H]2C=C(OC(C)=O)C(C)=C([C@H]3OC(C)(C)O[C@@H]3[C@]3(C)CC[C@H]4OC[C@@]4(O)[C@@H]13)C2(C)C. The van der Waals surface area contributed by atoms with Crippen LogP contribution in [0.3, 0.4) is 0 Å². The number of carbonyl (C=O) groups is 1. The van der Waals surface area contributed by atoms with Crippen molar-refractivity contribution < 1.29 is 38.3 Å². The Balaban J connectivity index is 1.77. The van der Waals surface area contributed by atoms with E-state index in [1.165, 1.54) is 6.92 Å². The highest BCUT2D eigenvalue weighted by atomic mass is 16.8. The van der Waals surface area contributed by atoms with Crippen LogP contribution < -0.4 is 0 Å². The van der Waals surface area contributed by atoms with Crippen LogP contribution in [0.5, 0.6) is 0 Å². The number of allylic oxidation sites excluding steroid dienone is 1. The first-order valence-electron chi connectivity index (χ1n) is 13.7. The van der Waals surface area contributed by atoms with Gasteiger partial charge in [0.15, 0.2) is 12.1 Å². The highest BCUT2D eigenvalue weighted by Crippen LogP contribution is 2.65. The highest BCUT2D eigenvalue weighted by Gasteiger charge is 2.71. The molecule has 1 N–H and O–H groups in total. The Morgan fingerprint density at radius 2 is 1.92 bits per heavy atom. The third kappa shape index (κ3) is 4.05. The van der Waals surface area contributed by atoms with Gasteiger partial charge in [-0.2, -0.15) is 0 Å². The van der Waals surface area contributed by atoms with Crippen molar-refractivity contribution in [3.8, 4) is 0 Å². The third-order valence-corrected chi connectivity index (χ3v) is 9.62. The van der Waals surface area contributed by atoms with E-state index in [9.17, 15) is 9.90 Å². The maximum absolute atomic E-state index is 12.2. The third-order valence-electron chi connectivity index (χ3n) is 9.62. The molecule has 8 nitrogen and oxygen atoms in total. The summed E-state index contributed by atoms with van der Waals surface area (Å²) < 4.78 is 37.8. The van der Waals surface area contributed by atoms with Gasteiger partial charge in [-0.3, -0.25) is 4.79 Å². The second-order valence-electron chi connectivity index (χ2n) is 12.8. The molecule has 5 aliphatic rings. The van der Waals surface area contributed by atoms with Crippen LogP contribution in [0.4, 0.5) is 0 Å². The van der Waals surface area contributed by atoms with Crippen molar-refractivity contribution in [3.05, 3.63) is 23.0 Å². The summed E-state index contributed by atoms with van der Waals surface area (Å²) in [4.78, 5) is 12.2. The number of aliphatic hydroxyl groups is 1. The van der Waals surface area contributed by atoms with E-state index < -0.39 is 34.6 Å². The number of ether oxygens (including phenoxy) is 6. The summed E-state index contributed by atoms with van der Waals surface area (Å²) in [5, 5.41) is 12.2. The summed E-state index contributed by atoms with van der Waals surface area (Å²) in [5.41, 5.74) is -0.0544. The molecule has 208 valence electrons. The molecule has 8 heteroatoms. The number of fused-ring (bicyclic) bond motifs is 8. The Morgan fingerprint density at radius 3 is 2.51 bits per heavy atom. The molecule has 0 aromatic heterocycles. The van der Waals surface area contributed by atoms with E-state index >= 15 is 0 Å². The molecule has 0 radical (unpaired) electrons. The highest BCUT2D eigenvalue weighted by molar-refractivity contribution is 5.68. The Kier molecular flexibility index (Phi) is 6.54. The van der Waals surface area contributed by atoms with Crippen LogP contribution in [-0.2, 0) is 33.2 Å². The van der Waals surface area contributed by atoms with Crippen LogP contribution in [0.1, 0.15) is 75.2 Å². The maximum Gasteiger partial charge on any atom is 0.308 e. The Hall–Kier alpha value is -1.29. The number of rotatable bonds is 5. The number of carbonyl (C=O) groups excluding carboxylic acids is 1. The summed E-state index contributed by atoms with van der Waals surface area (Å²) in [7, 11) is 0. The molecule has 2 heterocycles. The van der Waals surface area contributed by atoms with Crippen molar-refractivity contribution in [1.29, 1.82) is 0 Å². The monoisotopic (exact) mass is 520 g/mol. The van der Waals surface area contributed by atoms with Crippen molar-refractivity contribution in [2.75, 3.05) is 13.2 Å². The Morgan fingerprint density at radius 1 is 1.22 bits per heavy atom. The van der Waals surface area contributed by atoms with Gasteiger partial charge in [-0.1, -0.05) is 20.8 Å². The molecule has 3 aliphatic carbocycles. The van der Waals surface area contributed by atoms with Crippen molar-refractivity contribution >= 4 is 5.97 Å². The normalized spacial score (nSPS) is 44.3. The van der Waals surface area contributed by atoms with Crippen molar-refractivity contribution in [1.82, 2.24) is 0 Å². The average molecular weight is 521 g/mol. The minimum Gasteiger partial charge on any atom is -0.427 e. The molecule has 0 amide bonds. The van der Waals surface area contributed by atoms with Crippen molar-refractivity contribution in [2.24, 2.45) is 22.7 Å². The van der Waals surface area contributed by atoms with Gasteiger partial charge in [0.2, 0.25) is 0 Å². The van der Waals surface area contributed by atoms with Crippen LogP contribution >= 0.6 is 0 Å². The molecule has 0 spiro atoms. The van der Waals surface area contributed by atoms with E-state index in [1.807, 2.05) is 40.7 Å². The van der Waals surface area contributed by atoms with E-state index in [4.69, 9.17) is 28.4 Å². The second-order valence-corrected chi connectivity index (χ2v) is 12.8.